The van der Waals surface area contributed by atoms with Crippen LogP contribution in [0, 0.1) is 10.1 Å². The fourth-order valence-electron chi connectivity index (χ4n) is 1.93. The highest BCUT2D eigenvalue weighted by molar-refractivity contribution is 8.00. The highest BCUT2D eigenvalue weighted by Crippen LogP contribution is 2.22. The number of thioether (sulfide) groups is 1. The van der Waals surface area contributed by atoms with Gasteiger partial charge in [-0.25, -0.2) is 0 Å². The summed E-state index contributed by atoms with van der Waals surface area (Å²) in [5.74, 6) is 0.134. The van der Waals surface area contributed by atoms with Crippen molar-refractivity contribution in [1.29, 1.82) is 0 Å². The number of hydrogen-bond acceptors (Lipinski definition) is 4. The van der Waals surface area contributed by atoms with Crippen molar-refractivity contribution >= 4 is 46.6 Å². The van der Waals surface area contributed by atoms with Gasteiger partial charge in [0.25, 0.3) is 5.69 Å². The zero-order chi connectivity index (χ0) is 17.5. The molecule has 0 spiro atoms. The molecule has 5 nitrogen and oxygen atoms in total. The van der Waals surface area contributed by atoms with Crippen LogP contribution in [-0.2, 0) is 11.2 Å². The quantitative estimate of drug-likeness (QED) is 0.437. The summed E-state index contributed by atoms with van der Waals surface area (Å²) in [4.78, 5) is 22.7. The van der Waals surface area contributed by atoms with Crippen LogP contribution in [0.4, 0.5) is 5.69 Å². The van der Waals surface area contributed by atoms with Crippen LogP contribution in [0.2, 0.25) is 10.0 Å². The second-order valence-corrected chi connectivity index (χ2v) is 6.77. The standard InChI is InChI=1S/C16H14Cl2N2O3S/c17-12-2-1-11(15(18)9-12)7-8-19-16(21)10-24-14-5-3-13(4-6-14)20(22)23/h1-6,9H,7-8,10H2,(H,19,21). The summed E-state index contributed by atoms with van der Waals surface area (Å²) in [6, 6.07) is 11.4. The maximum atomic E-state index is 11.8. The lowest BCUT2D eigenvalue weighted by Gasteiger charge is -2.07. The van der Waals surface area contributed by atoms with E-state index < -0.39 is 4.92 Å². The Hall–Kier alpha value is -1.76. The second kappa shape index (κ2) is 8.92. The van der Waals surface area contributed by atoms with E-state index in [4.69, 9.17) is 23.2 Å². The maximum absolute atomic E-state index is 11.8. The van der Waals surface area contributed by atoms with Crippen LogP contribution in [0.3, 0.4) is 0 Å². The predicted molar refractivity (Wildman–Crippen MR) is 97.0 cm³/mol. The number of carbonyl (C=O) groups is 1. The molecule has 0 heterocycles. The summed E-state index contributed by atoms with van der Waals surface area (Å²) in [5.41, 5.74) is 0.952. The van der Waals surface area contributed by atoms with Gasteiger partial charge in [-0.05, 0) is 36.2 Å². The van der Waals surface area contributed by atoms with E-state index >= 15 is 0 Å². The zero-order valence-corrected chi connectivity index (χ0v) is 14.8. The van der Waals surface area contributed by atoms with Crippen LogP contribution < -0.4 is 5.32 Å². The number of nitro groups is 1. The van der Waals surface area contributed by atoms with Crippen molar-refractivity contribution in [2.75, 3.05) is 12.3 Å². The maximum Gasteiger partial charge on any atom is 0.269 e. The molecule has 0 saturated heterocycles. The van der Waals surface area contributed by atoms with Gasteiger partial charge in [-0.15, -0.1) is 11.8 Å². The first-order chi connectivity index (χ1) is 11.5. The molecule has 1 amide bonds. The van der Waals surface area contributed by atoms with E-state index in [1.807, 2.05) is 6.07 Å². The summed E-state index contributed by atoms with van der Waals surface area (Å²) in [6.07, 6.45) is 0.615. The summed E-state index contributed by atoms with van der Waals surface area (Å²) < 4.78 is 0. The number of rotatable bonds is 7. The predicted octanol–water partition coefficient (Wildman–Crippen LogP) is 4.35. The summed E-state index contributed by atoms with van der Waals surface area (Å²) in [5, 5.41) is 14.5. The van der Waals surface area contributed by atoms with Gasteiger partial charge in [0.15, 0.2) is 0 Å². The Bertz CT molecular complexity index is 739. The van der Waals surface area contributed by atoms with Crippen molar-refractivity contribution < 1.29 is 9.72 Å². The van der Waals surface area contributed by atoms with E-state index in [0.29, 0.717) is 23.0 Å². The molecule has 0 unspecified atom stereocenters. The number of carbonyl (C=O) groups excluding carboxylic acids is 1. The lowest BCUT2D eigenvalue weighted by atomic mass is 10.1. The highest BCUT2D eigenvalue weighted by atomic mass is 35.5. The van der Waals surface area contributed by atoms with Gasteiger partial charge in [-0.1, -0.05) is 29.3 Å². The molecule has 0 radical (unpaired) electrons. The molecule has 0 aromatic heterocycles. The third-order valence-electron chi connectivity index (χ3n) is 3.15. The summed E-state index contributed by atoms with van der Waals surface area (Å²) >= 11 is 13.2. The monoisotopic (exact) mass is 384 g/mol. The fraction of sp³-hybridized carbons (Fsp3) is 0.188. The normalized spacial score (nSPS) is 10.4. The number of nitro benzene ring substituents is 1. The van der Waals surface area contributed by atoms with Crippen molar-refractivity contribution in [3.63, 3.8) is 0 Å². The van der Waals surface area contributed by atoms with Crippen molar-refractivity contribution in [1.82, 2.24) is 5.32 Å². The third-order valence-corrected chi connectivity index (χ3v) is 4.75. The number of non-ortho nitro benzene ring substituents is 1. The average molecular weight is 385 g/mol. The zero-order valence-electron chi connectivity index (χ0n) is 12.5. The Morgan fingerprint density at radius 1 is 1.17 bits per heavy atom. The van der Waals surface area contributed by atoms with Gasteiger partial charge in [0, 0.05) is 33.6 Å². The smallest absolute Gasteiger partial charge is 0.269 e. The molecule has 2 aromatic carbocycles. The highest BCUT2D eigenvalue weighted by Gasteiger charge is 2.07. The van der Waals surface area contributed by atoms with Gasteiger partial charge < -0.3 is 5.32 Å². The van der Waals surface area contributed by atoms with Crippen LogP contribution in [0.25, 0.3) is 0 Å². The first-order valence-electron chi connectivity index (χ1n) is 7.03. The van der Waals surface area contributed by atoms with E-state index in [9.17, 15) is 14.9 Å². The number of nitrogens with zero attached hydrogens (tertiary/aromatic N) is 1. The Morgan fingerprint density at radius 2 is 1.88 bits per heavy atom. The molecule has 2 aromatic rings. The topological polar surface area (TPSA) is 72.2 Å². The fourth-order valence-corrected chi connectivity index (χ4v) is 3.16. The SMILES string of the molecule is O=C(CSc1ccc([N+](=O)[O-])cc1)NCCc1ccc(Cl)cc1Cl. The molecule has 0 bridgehead atoms. The number of benzene rings is 2. The van der Waals surface area contributed by atoms with Gasteiger partial charge in [-0.3, -0.25) is 14.9 Å². The van der Waals surface area contributed by atoms with E-state index in [0.717, 1.165) is 10.5 Å². The van der Waals surface area contributed by atoms with Crippen LogP contribution in [0.5, 0.6) is 0 Å². The second-order valence-electron chi connectivity index (χ2n) is 4.88. The van der Waals surface area contributed by atoms with Gasteiger partial charge >= 0.3 is 0 Å². The Labute approximate surface area is 153 Å². The molecule has 0 aliphatic heterocycles. The number of amides is 1. The van der Waals surface area contributed by atoms with E-state index in [1.165, 1.54) is 23.9 Å². The number of hydrogen-bond donors (Lipinski definition) is 1. The molecular formula is C16H14Cl2N2O3S. The molecule has 0 aliphatic rings. The van der Waals surface area contributed by atoms with Gasteiger partial charge in [0.2, 0.25) is 5.91 Å². The lowest BCUT2D eigenvalue weighted by Crippen LogP contribution is -2.27. The minimum atomic E-state index is -0.455. The van der Waals surface area contributed by atoms with E-state index in [2.05, 4.69) is 5.32 Å². The molecule has 0 aliphatic carbocycles. The van der Waals surface area contributed by atoms with Crippen LogP contribution in [-0.4, -0.2) is 23.1 Å². The Kier molecular flexibility index (Phi) is 6.90. The first-order valence-corrected chi connectivity index (χ1v) is 8.78. The van der Waals surface area contributed by atoms with Crippen molar-refractivity contribution in [3.8, 4) is 0 Å². The largest absolute Gasteiger partial charge is 0.355 e. The molecule has 126 valence electrons. The molecule has 2 rings (SSSR count). The molecule has 0 fully saturated rings. The van der Waals surface area contributed by atoms with Crippen molar-refractivity contribution in [2.45, 2.75) is 11.3 Å². The van der Waals surface area contributed by atoms with Gasteiger partial charge in [0.05, 0.1) is 10.7 Å². The minimum Gasteiger partial charge on any atom is -0.355 e. The molecule has 1 N–H and O–H groups in total. The van der Waals surface area contributed by atoms with Crippen molar-refractivity contribution in [3.05, 3.63) is 68.2 Å². The van der Waals surface area contributed by atoms with E-state index in [1.54, 1.807) is 24.3 Å². The Morgan fingerprint density at radius 3 is 2.50 bits per heavy atom. The summed E-state index contributed by atoms with van der Waals surface area (Å²) in [6.45, 7) is 0.473. The van der Waals surface area contributed by atoms with Gasteiger partial charge in [0.1, 0.15) is 0 Å². The van der Waals surface area contributed by atoms with E-state index in [-0.39, 0.29) is 17.3 Å². The molecule has 0 saturated carbocycles. The lowest BCUT2D eigenvalue weighted by molar-refractivity contribution is -0.384. The van der Waals surface area contributed by atoms with Crippen molar-refractivity contribution in [2.24, 2.45) is 0 Å². The number of halogens is 2. The molecular weight excluding hydrogens is 371 g/mol. The first kappa shape index (κ1) is 18.6. The Balaban J connectivity index is 1.74. The van der Waals surface area contributed by atoms with Crippen LogP contribution >= 0.6 is 35.0 Å². The molecule has 24 heavy (non-hydrogen) atoms. The number of nitrogens with one attached hydrogen (secondary N) is 1. The minimum absolute atomic E-state index is 0.0312. The molecule has 8 heteroatoms. The summed E-state index contributed by atoms with van der Waals surface area (Å²) in [7, 11) is 0. The average Bonchev–Trinajstić information content (AvgIpc) is 2.55. The van der Waals surface area contributed by atoms with Crippen LogP contribution in [0.15, 0.2) is 47.4 Å². The van der Waals surface area contributed by atoms with Gasteiger partial charge in [-0.2, -0.15) is 0 Å². The third kappa shape index (κ3) is 5.70. The van der Waals surface area contributed by atoms with Crippen LogP contribution in [0.1, 0.15) is 5.56 Å². The molecule has 0 atom stereocenters.